The van der Waals surface area contributed by atoms with Crippen molar-refractivity contribution in [3.8, 4) is 0 Å². The van der Waals surface area contributed by atoms with Gasteiger partial charge in [-0.2, -0.15) is 0 Å². The third-order valence-corrected chi connectivity index (χ3v) is 5.66. The normalized spacial score (nSPS) is 17.7. The van der Waals surface area contributed by atoms with Crippen LogP contribution in [0.2, 0.25) is 0 Å². The van der Waals surface area contributed by atoms with Gasteiger partial charge in [0.05, 0.1) is 0 Å². The fourth-order valence-electron chi connectivity index (χ4n) is 4.10. The van der Waals surface area contributed by atoms with Crippen LogP contribution in [0.25, 0.3) is 0 Å². The Balaban J connectivity index is 1.44. The lowest BCUT2D eigenvalue weighted by Crippen LogP contribution is -2.49. The van der Waals surface area contributed by atoms with Crippen LogP contribution < -0.4 is 9.80 Å². The van der Waals surface area contributed by atoms with E-state index in [0.29, 0.717) is 11.5 Å². The lowest BCUT2D eigenvalue weighted by atomic mass is 10.1. The number of carbonyl (C=O) groups is 1. The number of amides is 1. The molecular formula is C22H29N5O. The molecule has 1 aromatic carbocycles. The van der Waals surface area contributed by atoms with Gasteiger partial charge >= 0.3 is 0 Å². The predicted octanol–water partition coefficient (Wildman–Crippen LogP) is 3.05. The number of carbonyl (C=O) groups excluding carboxylic acids is 1. The Bertz CT molecular complexity index is 839. The summed E-state index contributed by atoms with van der Waals surface area (Å²) in [6, 6.07) is 10.4. The molecule has 0 radical (unpaired) electrons. The molecule has 148 valence electrons. The standard InChI is InChI=1S/C22H29N5O/c1-17-7-6-8-19(15-17)25-11-13-27(14-12-25)22(28)20-16-21(24-18(2)23-20)26-9-4-3-5-10-26/h6-8,15-16H,3-5,9-14H2,1-2H3. The van der Waals surface area contributed by atoms with Crippen molar-refractivity contribution in [2.24, 2.45) is 0 Å². The van der Waals surface area contributed by atoms with Crippen molar-refractivity contribution in [2.75, 3.05) is 49.1 Å². The van der Waals surface area contributed by atoms with Gasteiger partial charge in [-0.05, 0) is 50.8 Å². The molecule has 2 saturated heterocycles. The molecule has 2 aliphatic rings. The zero-order chi connectivity index (χ0) is 19.5. The molecule has 6 nitrogen and oxygen atoms in total. The molecule has 2 aromatic rings. The Morgan fingerprint density at radius 3 is 2.32 bits per heavy atom. The van der Waals surface area contributed by atoms with Gasteiger partial charge in [-0.15, -0.1) is 0 Å². The van der Waals surface area contributed by atoms with Crippen molar-refractivity contribution >= 4 is 17.4 Å². The highest BCUT2D eigenvalue weighted by molar-refractivity contribution is 5.93. The van der Waals surface area contributed by atoms with Gasteiger partial charge in [0.25, 0.3) is 5.91 Å². The van der Waals surface area contributed by atoms with Crippen molar-refractivity contribution in [3.05, 3.63) is 47.4 Å². The van der Waals surface area contributed by atoms with Gasteiger partial charge in [0.15, 0.2) is 0 Å². The summed E-state index contributed by atoms with van der Waals surface area (Å²) in [6.45, 7) is 9.14. The van der Waals surface area contributed by atoms with E-state index in [0.717, 1.165) is 45.1 Å². The second-order valence-electron chi connectivity index (χ2n) is 7.82. The smallest absolute Gasteiger partial charge is 0.272 e. The number of aryl methyl sites for hydroxylation is 2. The van der Waals surface area contributed by atoms with E-state index in [1.807, 2.05) is 17.9 Å². The highest BCUT2D eigenvalue weighted by Gasteiger charge is 2.25. The second kappa shape index (κ2) is 8.17. The second-order valence-corrected chi connectivity index (χ2v) is 7.82. The number of anilines is 2. The average molecular weight is 380 g/mol. The molecule has 2 aliphatic heterocycles. The monoisotopic (exact) mass is 379 g/mol. The number of hydrogen-bond donors (Lipinski definition) is 0. The lowest BCUT2D eigenvalue weighted by Gasteiger charge is -2.36. The Kier molecular flexibility index (Phi) is 5.46. The van der Waals surface area contributed by atoms with E-state index in [9.17, 15) is 4.79 Å². The van der Waals surface area contributed by atoms with Crippen LogP contribution in [0.15, 0.2) is 30.3 Å². The Morgan fingerprint density at radius 2 is 1.61 bits per heavy atom. The van der Waals surface area contributed by atoms with E-state index < -0.39 is 0 Å². The minimum atomic E-state index is 0.0210. The van der Waals surface area contributed by atoms with Crippen molar-refractivity contribution in [2.45, 2.75) is 33.1 Å². The number of rotatable bonds is 3. The van der Waals surface area contributed by atoms with Crippen LogP contribution in [0.1, 0.15) is 41.1 Å². The highest BCUT2D eigenvalue weighted by Crippen LogP contribution is 2.21. The summed E-state index contributed by atoms with van der Waals surface area (Å²) in [4.78, 5) is 28.7. The largest absolute Gasteiger partial charge is 0.368 e. The maximum Gasteiger partial charge on any atom is 0.272 e. The maximum atomic E-state index is 13.1. The Labute approximate surface area is 167 Å². The SMILES string of the molecule is Cc1cccc(N2CCN(C(=O)c3cc(N4CCCCC4)nc(C)n3)CC2)c1. The van der Waals surface area contributed by atoms with Crippen LogP contribution in [-0.4, -0.2) is 60.0 Å². The van der Waals surface area contributed by atoms with Crippen molar-refractivity contribution < 1.29 is 4.79 Å². The number of aromatic nitrogens is 2. The van der Waals surface area contributed by atoms with Crippen molar-refractivity contribution in [1.29, 1.82) is 0 Å². The van der Waals surface area contributed by atoms with E-state index in [2.05, 4.69) is 51.0 Å². The van der Waals surface area contributed by atoms with Crippen LogP contribution in [-0.2, 0) is 0 Å². The minimum absolute atomic E-state index is 0.0210. The maximum absolute atomic E-state index is 13.1. The first-order chi connectivity index (χ1) is 13.6. The summed E-state index contributed by atoms with van der Waals surface area (Å²) in [7, 11) is 0. The van der Waals surface area contributed by atoms with Gasteiger partial charge < -0.3 is 14.7 Å². The zero-order valence-corrected chi connectivity index (χ0v) is 16.9. The molecule has 0 N–H and O–H groups in total. The Hall–Kier alpha value is -2.63. The molecule has 0 spiro atoms. The molecule has 3 heterocycles. The molecule has 0 saturated carbocycles. The Morgan fingerprint density at radius 1 is 0.857 bits per heavy atom. The number of piperidine rings is 1. The number of hydrogen-bond acceptors (Lipinski definition) is 5. The molecule has 0 bridgehead atoms. The summed E-state index contributed by atoms with van der Waals surface area (Å²) in [5, 5.41) is 0. The average Bonchev–Trinajstić information content (AvgIpc) is 2.73. The van der Waals surface area contributed by atoms with Crippen LogP contribution in [0.5, 0.6) is 0 Å². The fourth-order valence-corrected chi connectivity index (χ4v) is 4.10. The molecule has 4 rings (SSSR count). The van der Waals surface area contributed by atoms with E-state index in [1.54, 1.807) is 0 Å². The molecule has 0 aliphatic carbocycles. The van der Waals surface area contributed by atoms with Crippen molar-refractivity contribution in [1.82, 2.24) is 14.9 Å². The van der Waals surface area contributed by atoms with Gasteiger partial charge in [0.1, 0.15) is 17.3 Å². The molecular weight excluding hydrogens is 350 g/mol. The zero-order valence-electron chi connectivity index (χ0n) is 16.9. The van der Waals surface area contributed by atoms with Crippen LogP contribution in [0, 0.1) is 13.8 Å². The van der Waals surface area contributed by atoms with Crippen molar-refractivity contribution in [3.63, 3.8) is 0 Å². The first-order valence-electron chi connectivity index (χ1n) is 10.3. The topological polar surface area (TPSA) is 52.6 Å². The van der Waals surface area contributed by atoms with Crippen LogP contribution in [0.3, 0.4) is 0 Å². The highest BCUT2D eigenvalue weighted by atomic mass is 16.2. The number of piperazine rings is 1. The molecule has 1 aromatic heterocycles. The summed E-state index contributed by atoms with van der Waals surface area (Å²) >= 11 is 0. The van der Waals surface area contributed by atoms with Gasteiger partial charge in [-0.25, -0.2) is 9.97 Å². The van der Waals surface area contributed by atoms with Crippen LogP contribution >= 0.6 is 0 Å². The minimum Gasteiger partial charge on any atom is -0.368 e. The third-order valence-electron chi connectivity index (χ3n) is 5.66. The summed E-state index contributed by atoms with van der Waals surface area (Å²) < 4.78 is 0. The molecule has 1 amide bonds. The lowest BCUT2D eigenvalue weighted by molar-refractivity contribution is 0.0740. The first kappa shape index (κ1) is 18.7. The van der Waals surface area contributed by atoms with Crippen LogP contribution in [0.4, 0.5) is 11.5 Å². The summed E-state index contributed by atoms with van der Waals surface area (Å²) in [5.41, 5.74) is 3.02. The van der Waals surface area contributed by atoms with Gasteiger partial charge in [0.2, 0.25) is 0 Å². The van der Waals surface area contributed by atoms with Gasteiger partial charge in [-0.3, -0.25) is 4.79 Å². The molecule has 6 heteroatoms. The quantitative estimate of drug-likeness (QED) is 0.820. The summed E-state index contributed by atoms with van der Waals surface area (Å²) in [6.07, 6.45) is 3.65. The molecule has 28 heavy (non-hydrogen) atoms. The van der Waals surface area contributed by atoms with E-state index in [4.69, 9.17) is 0 Å². The predicted molar refractivity (Wildman–Crippen MR) is 112 cm³/mol. The number of benzene rings is 1. The summed E-state index contributed by atoms with van der Waals surface area (Å²) in [5.74, 6) is 1.59. The van der Waals surface area contributed by atoms with E-state index >= 15 is 0 Å². The van der Waals surface area contributed by atoms with E-state index in [-0.39, 0.29) is 5.91 Å². The fraction of sp³-hybridized carbons (Fsp3) is 0.500. The third kappa shape index (κ3) is 4.11. The molecule has 0 atom stereocenters. The first-order valence-corrected chi connectivity index (χ1v) is 10.3. The number of nitrogens with zero attached hydrogens (tertiary/aromatic N) is 5. The van der Waals surface area contributed by atoms with E-state index in [1.165, 1.54) is 30.5 Å². The van der Waals surface area contributed by atoms with Gasteiger partial charge in [-0.1, -0.05) is 12.1 Å². The molecule has 2 fully saturated rings. The molecule has 0 unspecified atom stereocenters. The van der Waals surface area contributed by atoms with Gasteiger partial charge in [0, 0.05) is 51.0 Å².